The quantitative estimate of drug-likeness (QED) is 0.251. The number of carbonyl (C=O) groups excluding carboxylic acids is 1. The molecule has 1 aliphatic heterocycles. The van der Waals surface area contributed by atoms with E-state index in [1.54, 1.807) is 0 Å². The number of hydrogen-bond donors (Lipinski definition) is 1. The van der Waals surface area contributed by atoms with E-state index in [0.29, 0.717) is 54.3 Å². The molecular weight excluding hydrogens is 662 g/mol. The average molecular weight is 710 g/mol. The van der Waals surface area contributed by atoms with Gasteiger partial charge in [0, 0.05) is 35.3 Å². The molecule has 0 spiro atoms. The first kappa shape index (κ1) is 37.0. The highest BCUT2D eigenvalue weighted by Gasteiger charge is 2.60. The monoisotopic (exact) mass is 709 g/mol. The van der Waals surface area contributed by atoms with Crippen molar-refractivity contribution in [1.82, 2.24) is 4.90 Å². The average Bonchev–Trinajstić information content (AvgIpc) is 3.29. The van der Waals surface area contributed by atoms with E-state index in [2.05, 4.69) is 6.92 Å². The summed E-state index contributed by atoms with van der Waals surface area (Å²) in [6.07, 6.45) is -6.62. The van der Waals surface area contributed by atoms with Crippen LogP contribution in [0, 0.1) is 40.9 Å². The van der Waals surface area contributed by atoms with Crippen LogP contribution < -0.4 is 0 Å². The molecule has 0 aromatic rings. The summed E-state index contributed by atoms with van der Waals surface area (Å²) in [6, 6.07) is -2.05. The number of morpholine rings is 1. The van der Waals surface area contributed by atoms with Crippen LogP contribution in [0.5, 0.6) is 0 Å². The molecule has 1 amide bonds. The number of alkyl halides is 8. The predicted molar refractivity (Wildman–Crippen MR) is 157 cm³/mol. The van der Waals surface area contributed by atoms with Gasteiger partial charge in [0.25, 0.3) is 0 Å². The van der Waals surface area contributed by atoms with Crippen molar-refractivity contribution in [2.45, 2.75) is 120 Å². The van der Waals surface area contributed by atoms with Crippen LogP contribution in [0.15, 0.2) is 0 Å². The van der Waals surface area contributed by atoms with Crippen molar-refractivity contribution in [3.63, 3.8) is 0 Å². The minimum absolute atomic E-state index is 0.00139. The number of carbonyl (C=O) groups is 1. The third-order valence-electron chi connectivity index (χ3n) is 12.3. The molecule has 4 saturated carbocycles. The van der Waals surface area contributed by atoms with Gasteiger partial charge in [-0.25, -0.2) is 4.79 Å². The van der Waals surface area contributed by atoms with Gasteiger partial charge in [-0.2, -0.15) is 35.1 Å². The highest BCUT2D eigenvalue weighted by Crippen LogP contribution is 2.64. The van der Waals surface area contributed by atoms with Gasteiger partial charge in [-0.05, 0) is 112 Å². The van der Waals surface area contributed by atoms with Gasteiger partial charge >= 0.3 is 24.4 Å². The molecule has 1 N–H and O–H groups in total. The highest BCUT2D eigenvalue weighted by atomic mass is 32.2. The Morgan fingerprint density at radius 1 is 0.979 bits per heavy atom. The molecule has 6 nitrogen and oxygen atoms in total. The molecule has 5 aliphatic rings. The molecule has 1 saturated heterocycles. The topological polar surface area (TPSA) is 76.1 Å². The lowest BCUT2D eigenvalue weighted by Crippen LogP contribution is -2.56. The number of fused-ring (bicyclic) bond motifs is 5. The van der Waals surface area contributed by atoms with Crippen molar-refractivity contribution in [3.05, 3.63) is 0 Å². The number of rotatable bonds is 9. The number of aliphatic hydroxyl groups is 1. The van der Waals surface area contributed by atoms with Gasteiger partial charge in [-0.15, -0.1) is 0 Å². The first-order chi connectivity index (χ1) is 21.9. The van der Waals surface area contributed by atoms with E-state index in [1.165, 1.54) is 0 Å². The second kappa shape index (κ2) is 14.2. The van der Waals surface area contributed by atoms with Crippen LogP contribution >= 0.6 is 0 Å². The van der Waals surface area contributed by atoms with E-state index in [1.807, 2.05) is 0 Å². The van der Waals surface area contributed by atoms with E-state index >= 15 is 0 Å². The fourth-order valence-corrected chi connectivity index (χ4v) is 11.1. The molecule has 47 heavy (non-hydrogen) atoms. The maximum atomic E-state index is 13.6. The van der Waals surface area contributed by atoms with E-state index in [9.17, 15) is 49.2 Å². The second-order valence-corrected chi connectivity index (χ2v) is 16.5. The van der Waals surface area contributed by atoms with E-state index in [0.717, 1.165) is 38.5 Å². The molecule has 5 fully saturated rings. The Kier molecular flexibility index (Phi) is 11.2. The number of aliphatic hydroxyl groups excluding tert-OH is 1. The molecule has 0 aromatic carbocycles. The largest absolute Gasteiger partial charge is 0.453 e. The predicted octanol–water partition coefficient (Wildman–Crippen LogP) is 7.50. The molecule has 0 bridgehead atoms. The van der Waals surface area contributed by atoms with Gasteiger partial charge in [0.1, 0.15) is 6.10 Å². The molecule has 5 unspecified atom stereocenters. The van der Waals surface area contributed by atoms with Crippen LogP contribution in [0.4, 0.5) is 39.9 Å². The van der Waals surface area contributed by atoms with Crippen molar-refractivity contribution in [1.29, 1.82) is 0 Å². The minimum atomic E-state index is -5.63. The van der Waals surface area contributed by atoms with E-state index in [-0.39, 0.29) is 48.0 Å². The first-order valence-electron chi connectivity index (χ1n) is 17.0. The molecule has 15 heteroatoms. The second-order valence-electron chi connectivity index (χ2n) is 14.8. The summed E-state index contributed by atoms with van der Waals surface area (Å²) in [6.45, 7) is 1.34. The SMILES string of the molecule is C[C@]12CC[C@@H]3C4CCC(OC(=O)N5CCOCC5C(F)(F)F)CC4C[C@@H](CCCS(=O)CCCC(F)(F)C(F)(F)F)[C@H]3[C@@H]1CC[C@@H]2O. The number of amides is 1. The molecule has 1 heterocycles. The molecule has 5 rings (SSSR count). The molecule has 0 radical (unpaired) electrons. The minimum Gasteiger partial charge on any atom is -0.446 e. The van der Waals surface area contributed by atoms with Gasteiger partial charge < -0.3 is 14.6 Å². The molecule has 272 valence electrons. The van der Waals surface area contributed by atoms with Crippen molar-refractivity contribution in [2.75, 3.05) is 31.3 Å². The van der Waals surface area contributed by atoms with Crippen molar-refractivity contribution < 1.29 is 58.7 Å². The number of ether oxygens (including phenoxy) is 2. The van der Waals surface area contributed by atoms with Crippen LogP contribution in [-0.2, 0) is 20.3 Å². The summed E-state index contributed by atoms with van der Waals surface area (Å²) >= 11 is 0. The molecule has 11 atom stereocenters. The summed E-state index contributed by atoms with van der Waals surface area (Å²) in [5, 5.41) is 10.9. The summed E-state index contributed by atoms with van der Waals surface area (Å²) < 4.78 is 128. The Morgan fingerprint density at radius 2 is 1.70 bits per heavy atom. The molecule has 4 aliphatic carbocycles. The van der Waals surface area contributed by atoms with Gasteiger partial charge in [0.15, 0.2) is 6.04 Å². The lowest BCUT2D eigenvalue weighted by Gasteiger charge is -2.58. The van der Waals surface area contributed by atoms with E-state index < -0.39 is 66.8 Å². The normalized spacial score (nSPS) is 38.7. The maximum Gasteiger partial charge on any atom is 0.453 e. The van der Waals surface area contributed by atoms with Gasteiger partial charge in [0.2, 0.25) is 0 Å². The van der Waals surface area contributed by atoms with Crippen molar-refractivity contribution in [3.8, 4) is 0 Å². The first-order valence-corrected chi connectivity index (χ1v) is 18.5. The zero-order valence-electron chi connectivity index (χ0n) is 26.7. The highest BCUT2D eigenvalue weighted by molar-refractivity contribution is 7.84. The van der Waals surface area contributed by atoms with Crippen LogP contribution in [0.3, 0.4) is 0 Å². The lowest BCUT2D eigenvalue weighted by molar-refractivity contribution is -0.284. The zero-order chi connectivity index (χ0) is 34.4. The van der Waals surface area contributed by atoms with Gasteiger partial charge in [-0.1, -0.05) is 6.92 Å². The van der Waals surface area contributed by atoms with Crippen LogP contribution in [0.25, 0.3) is 0 Å². The summed E-state index contributed by atoms with van der Waals surface area (Å²) in [4.78, 5) is 13.7. The number of halogens is 8. The Morgan fingerprint density at radius 3 is 2.40 bits per heavy atom. The van der Waals surface area contributed by atoms with Gasteiger partial charge in [0.05, 0.1) is 19.3 Å². The van der Waals surface area contributed by atoms with Crippen LogP contribution in [0.2, 0.25) is 0 Å². The maximum absolute atomic E-state index is 13.6. The number of hydrogen-bond acceptors (Lipinski definition) is 5. The smallest absolute Gasteiger partial charge is 0.446 e. The van der Waals surface area contributed by atoms with Crippen molar-refractivity contribution in [2.24, 2.45) is 40.9 Å². The summed E-state index contributed by atoms with van der Waals surface area (Å²) in [5.74, 6) is -3.08. The summed E-state index contributed by atoms with van der Waals surface area (Å²) in [5.41, 5.74) is -0.196. The Hall–Kier alpha value is -1.22. The third-order valence-corrected chi connectivity index (χ3v) is 13.7. The zero-order valence-corrected chi connectivity index (χ0v) is 27.5. The fraction of sp³-hybridized carbons (Fsp3) is 0.969. The van der Waals surface area contributed by atoms with Crippen molar-refractivity contribution >= 4 is 16.9 Å². The fourth-order valence-electron chi connectivity index (χ4n) is 9.93. The Labute approximate surface area is 273 Å². The third kappa shape index (κ3) is 7.91. The Balaban J connectivity index is 1.22. The standard InChI is InChI=1S/C32H47F8NO5S/c1-29-11-9-23-22-6-5-21(46-28(43)41-12-13-45-18-25(41)31(35,36)37)17-20(22)16-19(27(23)24(29)7-8-26(29)42)4-2-14-47(44)15-3-10-30(33,34)32(38,39)40/h19-27,42H,2-18H2,1H3/t19-,20?,21?,22?,23-,24+,25?,26+,27-,29+,47?/m1/s1. The van der Waals surface area contributed by atoms with Gasteiger partial charge in [-0.3, -0.25) is 9.11 Å². The molecule has 0 aromatic heterocycles. The van der Waals surface area contributed by atoms with E-state index in [4.69, 9.17) is 9.47 Å². The molecular formula is C32H47F8NO5S. The summed E-state index contributed by atoms with van der Waals surface area (Å²) in [7, 11) is -1.54. The van der Waals surface area contributed by atoms with Crippen LogP contribution in [0.1, 0.15) is 84.0 Å². The Bertz CT molecular complexity index is 1120. The van der Waals surface area contributed by atoms with Crippen LogP contribution in [-0.4, -0.2) is 88.1 Å². The number of nitrogens with zero attached hydrogens (tertiary/aromatic N) is 1. The lowest BCUT2D eigenvalue weighted by atomic mass is 9.47.